The van der Waals surface area contributed by atoms with E-state index in [9.17, 15) is 0 Å². The van der Waals surface area contributed by atoms with Crippen LogP contribution in [0.3, 0.4) is 0 Å². The molecule has 0 aliphatic heterocycles. The molecule has 1 atom stereocenters. The Bertz CT molecular complexity index is 354. The highest BCUT2D eigenvalue weighted by Gasteiger charge is 2.10. The molecule has 0 saturated heterocycles. The molecule has 0 saturated carbocycles. The fourth-order valence-electron chi connectivity index (χ4n) is 2.13. The van der Waals surface area contributed by atoms with Crippen LogP contribution in [0.5, 0.6) is 0 Å². The zero-order valence-electron chi connectivity index (χ0n) is 12.3. The molecule has 19 heavy (non-hydrogen) atoms. The zero-order chi connectivity index (χ0) is 14.1. The number of thioether (sulfide) groups is 1. The maximum Gasteiger partial charge on any atom is 0.0408 e. The lowest BCUT2D eigenvalue weighted by Crippen LogP contribution is -2.28. The number of halogens is 1. The molecule has 0 aromatic heterocycles. The summed E-state index contributed by atoms with van der Waals surface area (Å²) in [4.78, 5) is 0. The fourth-order valence-corrected chi connectivity index (χ4v) is 2.92. The highest BCUT2D eigenvalue weighted by Crippen LogP contribution is 2.17. The van der Waals surface area contributed by atoms with Crippen LogP contribution in [-0.2, 0) is 6.42 Å². The van der Waals surface area contributed by atoms with Crippen molar-refractivity contribution in [1.82, 2.24) is 5.32 Å². The van der Waals surface area contributed by atoms with E-state index in [4.69, 9.17) is 11.6 Å². The van der Waals surface area contributed by atoms with Gasteiger partial charge < -0.3 is 5.32 Å². The molecule has 1 aromatic rings. The minimum atomic E-state index is 0.699. The largest absolute Gasteiger partial charge is 0.316 e. The van der Waals surface area contributed by atoms with Gasteiger partial charge >= 0.3 is 0 Å². The van der Waals surface area contributed by atoms with Crippen LogP contribution in [0.1, 0.15) is 25.8 Å². The smallest absolute Gasteiger partial charge is 0.0408 e. The quantitative estimate of drug-likeness (QED) is 0.720. The number of hydrogen-bond donors (Lipinski definition) is 1. The predicted molar refractivity (Wildman–Crippen MR) is 89.4 cm³/mol. The third-order valence-corrected chi connectivity index (χ3v) is 4.01. The summed E-state index contributed by atoms with van der Waals surface area (Å²) in [5, 5.41) is 4.43. The Morgan fingerprint density at radius 3 is 2.68 bits per heavy atom. The third kappa shape index (κ3) is 7.86. The van der Waals surface area contributed by atoms with Gasteiger partial charge in [-0.2, -0.15) is 11.8 Å². The number of nitrogens with one attached hydrogen (secondary N) is 1. The normalized spacial score (nSPS) is 12.9. The molecule has 1 unspecified atom stereocenters. The van der Waals surface area contributed by atoms with Crippen LogP contribution >= 0.6 is 23.4 Å². The lowest BCUT2D eigenvalue weighted by molar-refractivity contribution is 0.440. The molecule has 1 rings (SSSR count). The molecule has 1 nitrogen and oxygen atoms in total. The molecule has 0 spiro atoms. The summed E-state index contributed by atoms with van der Waals surface area (Å²) < 4.78 is 0. The molecule has 0 amide bonds. The first-order valence-electron chi connectivity index (χ1n) is 7.06. The first-order valence-corrected chi connectivity index (χ1v) is 8.83. The number of rotatable bonds is 9. The molecular weight excluding hydrogens is 274 g/mol. The topological polar surface area (TPSA) is 12.0 Å². The van der Waals surface area contributed by atoms with Gasteiger partial charge in [0.05, 0.1) is 0 Å². The lowest BCUT2D eigenvalue weighted by atomic mass is 9.96. The second kappa shape index (κ2) is 9.68. The monoisotopic (exact) mass is 299 g/mol. The Labute approximate surface area is 127 Å². The van der Waals surface area contributed by atoms with Gasteiger partial charge in [0.15, 0.2) is 0 Å². The van der Waals surface area contributed by atoms with Gasteiger partial charge in [-0.3, -0.25) is 0 Å². The van der Waals surface area contributed by atoms with Crippen molar-refractivity contribution >= 4 is 23.4 Å². The van der Waals surface area contributed by atoms with Crippen LogP contribution in [-0.4, -0.2) is 25.1 Å². The average molecular weight is 300 g/mol. The molecule has 1 aromatic carbocycles. The second-order valence-electron chi connectivity index (χ2n) is 5.53. The first kappa shape index (κ1) is 16.9. The van der Waals surface area contributed by atoms with E-state index in [0.29, 0.717) is 11.8 Å². The molecule has 0 aliphatic rings. The van der Waals surface area contributed by atoms with Crippen molar-refractivity contribution in [2.75, 3.05) is 25.1 Å². The van der Waals surface area contributed by atoms with E-state index >= 15 is 0 Å². The van der Waals surface area contributed by atoms with Crippen LogP contribution in [0.4, 0.5) is 0 Å². The molecule has 0 fully saturated rings. The van der Waals surface area contributed by atoms with Crippen LogP contribution in [0, 0.1) is 11.8 Å². The van der Waals surface area contributed by atoms with Gasteiger partial charge in [-0.05, 0) is 67.5 Å². The van der Waals surface area contributed by atoms with Crippen molar-refractivity contribution < 1.29 is 0 Å². The highest BCUT2D eigenvalue weighted by molar-refractivity contribution is 7.98. The van der Waals surface area contributed by atoms with E-state index < -0.39 is 0 Å². The molecule has 108 valence electrons. The van der Waals surface area contributed by atoms with Gasteiger partial charge in [-0.25, -0.2) is 0 Å². The van der Waals surface area contributed by atoms with Crippen LogP contribution < -0.4 is 5.32 Å². The van der Waals surface area contributed by atoms with Crippen LogP contribution in [0.25, 0.3) is 0 Å². The first-order chi connectivity index (χ1) is 9.11. The minimum Gasteiger partial charge on any atom is -0.316 e. The van der Waals surface area contributed by atoms with E-state index in [1.165, 1.54) is 17.7 Å². The van der Waals surface area contributed by atoms with Crippen molar-refractivity contribution in [2.45, 2.75) is 26.7 Å². The summed E-state index contributed by atoms with van der Waals surface area (Å²) in [6.45, 7) is 6.71. The van der Waals surface area contributed by atoms with E-state index in [1.54, 1.807) is 0 Å². The average Bonchev–Trinajstić information content (AvgIpc) is 2.35. The molecular formula is C16H26ClNS. The van der Waals surface area contributed by atoms with Crippen LogP contribution in [0.15, 0.2) is 24.3 Å². The molecule has 0 bridgehead atoms. The molecule has 0 radical (unpaired) electrons. The van der Waals surface area contributed by atoms with Gasteiger partial charge in [-0.15, -0.1) is 0 Å². The Morgan fingerprint density at radius 2 is 2.05 bits per heavy atom. The second-order valence-corrected chi connectivity index (χ2v) is 6.96. The summed E-state index contributed by atoms with van der Waals surface area (Å²) in [6.07, 6.45) is 4.56. The zero-order valence-corrected chi connectivity index (χ0v) is 13.9. The number of hydrogen-bond acceptors (Lipinski definition) is 2. The Hall–Kier alpha value is -0.180. The van der Waals surface area contributed by atoms with E-state index in [1.807, 2.05) is 23.9 Å². The third-order valence-electron chi connectivity index (χ3n) is 3.13. The summed E-state index contributed by atoms with van der Waals surface area (Å²) in [6, 6.07) is 8.26. The number of benzene rings is 1. The lowest BCUT2D eigenvalue weighted by Gasteiger charge is -2.18. The summed E-state index contributed by atoms with van der Waals surface area (Å²) in [7, 11) is 0. The van der Waals surface area contributed by atoms with Crippen molar-refractivity contribution in [3.8, 4) is 0 Å². The maximum absolute atomic E-state index is 6.06. The van der Waals surface area contributed by atoms with Crippen molar-refractivity contribution in [1.29, 1.82) is 0 Å². The maximum atomic E-state index is 6.06. The Kier molecular flexibility index (Phi) is 8.60. The molecule has 3 heteroatoms. The molecule has 1 N–H and O–H groups in total. The molecule has 0 aliphatic carbocycles. The minimum absolute atomic E-state index is 0.699. The van der Waals surface area contributed by atoms with Gasteiger partial charge in [0.2, 0.25) is 0 Å². The van der Waals surface area contributed by atoms with E-state index in [0.717, 1.165) is 24.5 Å². The summed E-state index contributed by atoms with van der Waals surface area (Å²) in [5.74, 6) is 2.64. The van der Waals surface area contributed by atoms with Gasteiger partial charge in [0.25, 0.3) is 0 Å². The Morgan fingerprint density at radius 1 is 1.26 bits per heavy atom. The Balaban J connectivity index is 2.48. The van der Waals surface area contributed by atoms with Crippen molar-refractivity contribution in [3.63, 3.8) is 0 Å². The summed E-state index contributed by atoms with van der Waals surface area (Å²) in [5.41, 5.74) is 1.35. The van der Waals surface area contributed by atoms with Crippen molar-refractivity contribution in [2.24, 2.45) is 11.8 Å². The predicted octanol–water partition coefficient (Wildman–Crippen LogP) is 4.50. The van der Waals surface area contributed by atoms with Gasteiger partial charge in [0.1, 0.15) is 0 Å². The molecule has 0 heterocycles. The van der Waals surface area contributed by atoms with Gasteiger partial charge in [0, 0.05) is 5.02 Å². The SMILES string of the molecule is CSCCC(CNCC(C)C)Cc1cccc(Cl)c1. The fraction of sp³-hybridized carbons (Fsp3) is 0.625. The highest BCUT2D eigenvalue weighted by atomic mass is 35.5. The van der Waals surface area contributed by atoms with Crippen LogP contribution in [0.2, 0.25) is 5.02 Å². The van der Waals surface area contributed by atoms with Gasteiger partial charge in [-0.1, -0.05) is 37.6 Å². The standard InChI is InChI=1S/C16H26ClNS/c1-13(2)11-18-12-15(7-8-19-3)9-14-5-4-6-16(17)10-14/h4-6,10,13,15,18H,7-9,11-12H2,1-3H3. The summed E-state index contributed by atoms with van der Waals surface area (Å²) >= 11 is 7.99. The van der Waals surface area contributed by atoms with Crippen molar-refractivity contribution in [3.05, 3.63) is 34.9 Å². The van der Waals surface area contributed by atoms with E-state index in [2.05, 4.69) is 37.6 Å². The van der Waals surface area contributed by atoms with E-state index in [-0.39, 0.29) is 0 Å².